The molecule has 0 aromatic heterocycles. The van der Waals surface area contributed by atoms with Gasteiger partial charge in [0.05, 0.1) is 38.3 Å². The molecule has 0 atom stereocenters. The number of carbonyl (C=O) groups excluding carboxylic acids is 2. The van der Waals surface area contributed by atoms with Crippen molar-refractivity contribution in [2.75, 3.05) is 39.6 Å². The second kappa shape index (κ2) is 13.1. The molecule has 0 amide bonds. The highest BCUT2D eigenvalue weighted by atomic mass is 16.6. The zero-order chi connectivity index (χ0) is 18.5. The number of hydrogen-bond donors (Lipinski definition) is 0. The van der Waals surface area contributed by atoms with Gasteiger partial charge in [0.25, 0.3) is 0 Å². The smallest absolute Gasteiger partial charge is 0.309 e. The Balaban J connectivity index is 1.34. The van der Waals surface area contributed by atoms with E-state index in [1.807, 2.05) is 0 Å². The lowest BCUT2D eigenvalue weighted by Gasteiger charge is -2.20. The van der Waals surface area contributed by atoms with E-state index in [0.29, 0.717) is 39.6 Å². The van der Waals surface area contributed by atoms with Gasteiger partial charge in [-0.15, -0.1) is 0 Å². The summed E-state index contributed by atoms with van der Waals surface area (Å²) in [5, 5.41) is 0. The molecule has 0 bridgehead atoms. The topological polar surface area (TPSA) is 71.1 Å². The third-order valence-electron chi connectivity index (χ3n) is 5.19. The van der Waals surface area contributed by atoms with Gasteiger partial charge in [-0.25, -0.2) is 0 Å². The molecule has 0 saturated heterocycles. The third kappa shape index (κ3) is 8.49. The van der Waals surface area contributed by atoms with Gasteiger partial charge in [-0.1, -0.05) is 38.5 Å². The van der Waals surface area contributed by atoms with Gasteiger partial charge in [0, 0.05) is 0 Å². The van der Waals surface area contributed by atoms with Gasteiger partial charge < -0.3 is 18.9 Å². The van der Waals surface area contributed by atoms with E-state index >= 15 is 0 Å². The van der Waals surface area contributed by atoms with Crippen molar-refractivity contribution in [1.82, 2.24) is 0 Å². The number of hydrogen-bond acceptors (Lipinski definition) is 6. The van der Waals surface area contributed by atoms with Crippen LogP contribution in [0.15, 0.2) is 0 Å². The van der Waals surface area contributed by atoms with Crippen LogP contribution >= 0.6 is 0 Å². The lowest BCUT2D eigenvalue weighted by atomic mass is 9.89. The quantitative estimate of drug-likeness (QED) is 0.411. The lowest BCUT2D eigenvalue weighted by molar-refractivity contribution is -0.152. The fraction of sp³-hybridized carbons (Fsp3) is 0.900. The van der Waals surface area contributed by atoms with Gasteiger partial charge in [-0.3, -0.25) is 9.59 Å². The van der Waals surface area contributed by atoms with E-state index in [9.17, 15) is 9.59 Å². The molecular formula is C20H34O6. The molecule has 6 heteroatoms. The maximum Gasteiger partial charge on any atom is 0.309 e. The van der Waals surface area contributed by atoms with Crippen LogP contribution in [0, 0.1) is 11.8 Å². The van der Waals surface area contributed by atoms with Crippen LogP contribution in [0.1, 0.15) is 64.2 Å². The summed E-state index contributed by atoms with van der Waals surface area (Å²) in [4.78, 5) is 23.7. The van der Waals surface area contributed by atoms with Crippen LogP contribution in [-0.4, -0.2) is 51.6 Å². The van der Waals surface area contributed by atoms with Gasteiger partial charge in [-0.05, 0) is 25.7 Å². The standard InChI is InChI=1S/C20H34O6/c21-19(17-7-3-1-4-8-17)25-15-13-23-11-12-24-14-16-26-20(22)18-9-5-2-6-10-18/h17-18H,1-16H2. The number of rotatable bonds is 11. The summed E-state index contributed by atoms with van der Waals surface area (Å²) in [6, 6.07) is 0. The second-order valence-electron chi connectivity index (χ2n) is 7.23. The molecule has 2 fully saturated rings. The first kappa shape index (κ1) is 21.2. The number of carbonyl (C=O) groups is 2. The maximum atomic E-state index is 11.8. The molecule has 2 aliphatic rings. The van der Waals surface area contributed by atoms with Crippen molar-refractivity contribution in [2.24, 2.45) is 11.8 Å². The Morgan fingerprint density at radius 2 is 0.885 bits per heavy atom. The maximum absolute atomic E-state index is 11.8. The third-order valence-corrected chi connectivity index (χ3v) is 5.19. The van der Waals surface area contributed by atoms with Gasteiger partial charge >= 0.3 is 11.9 Å². The van der Waals surface area contributed by atoms with Crippen molar-refractivity contribution in [3.63, 3.8) is 0 Å². The van der Waals surface area contributed by atoms with Crippen molar-refractivity contribution in [1.29, 1.82) is 0 Å². The second-order valence-corrected chi connectivity index (χ2v) is 7.23. The summed E-state index contributed by atoms with van der Waals surface area (Å²) in [6.07, 6.45) is 10.8. The predicted octanol–water partition coefficient (Wildman–Crippen LogP) is 3.27. The molecule has 2 rings (SSSR count). The predicted molar refractivity (Wildman–Crippen MR) is 96.7 cm³/mol. The molecule has 0 N–H and O–H groups in total. The largest absolute Gasteiger partial charge is 0.463 e. The minimum absolute atomic E-state index is 0.0793. The average molecular weight is 370 g/mol. The van der Waals surface area contributed by atoms with Gasteiger partial charge in [0.2, 0.25) is 0 Å². The van der Waals surface area contributed by atoms with E-state index in [0.717, 1.165) is 51.4 Å². The summed E-state index contributed by atoms with van der Waals surface area (Å²) >= 11 is 0. The Morgan fingerprint density at radius 1 is 0.538 bits per heavy atom. The van der Waals surface area contributed by atoms with Crippen molar-refractivity contribution < 1.29 is 28.5 Å². The van der Waals surface area contributed by atoms with Crippen molar-refractivity contribution >= 4 is 11.9 Å². The average Bonchev–Trinajstić information content (AvgIpc) is 2.70. The molecule has 0 aromatic carbocycles. The van der Waals surface area contributed by atoms with Gasteiger partial charge in [0.1, 0.15) is 13.2 Å². The molecule has 2 aliphatic carbocycles. The highest BCUT2D eigenvalue weighted by Gasteiger charge is 2.23. The molecule has 150 valence electrons. The summed E-state index contributed by atoms with van der Waals surface area (Å²) in [6.45, 7) is 2.26. The minimum Gasteiger partial charge on any atom is -0.463 e. The molecule has 0 aliphatic heterocycles. The fourth-order valence-corrected chi connectivity index (χ4v) is 3.64. The van der Waals surface area contributed by atoms with Crippen molar-refractivity contribution in [2.45, 2.75) is 64.2 Å². The number of ether oxygens (including phenoxy) is 4. The van der Waals surface area contributed by atoms with Gasteiger partial charge in [0.15, 0.2) is 0 Å². The summed E-state index contributed by atoms with van der Waals surface area (Å²) in [5.41, 5.74) is 0. The molecule has 26 heavy (non-hydrogen) atoms. The molecular weight excluding hydrogens is 336 g/mol. The monoisotopic (exact) mass is 370 g/mol. The molecule has 0 unspecified atom stereocenters. The Morgan fingerprint density at radius 3 is 1.27 bits per heavy atom. The van der Waals surface area contributed by atoms with Crippen LogP contribution in [-0.2, 0) is 28.5 Å². The number of esters is 2. The first-order valence-corrected chi connectivity index (χ1v) is 10.3. The van der Waals surface area contributed by atoms with Crippen LogP contribution in [0.2, 0.25) is 0 Å². The Bertz CT molecular complexity index is 361. The van der Waals surface area contributed by atoms with Crippen molar-refractivity contribution in [3.05, 3.63) is 0 Å². The SMILES string of the molecule is O=C(OCCOCCOCCOC(=O)C1CCCCC1)C1CCCCC1. The fourth-order valence-electron chi connectivity index (χ4n) is 3.64. The van der Waals surface area contributed by atoms with E-state index in [1.165, 1.54) is 12.8 Å². The summed E-state index contributed by atoms with van der Waals surface area (Å²) in [5.74, 6) is 0.0143. The molecule has 0 spiro atoms. The molecule has 6 nitrogen and oxygen atoms in total. The van der Waals surface area contributed by atoms with E-state index in [2.05, 4.69) is 0 Å². The van der Waals surface area contributed by atoms with Gasteiger partial charge in [-0.2, -0.15) is 0 Å². The van der Waals surface area contributed by atoms with Crippen LogP contribution in [0.25, 0.3) is 0 Å². The van der Waals surface area contributed by atoms with Crippen LogP contribution in [0.3, 0.4) is 0 Å². The molecule has 0 radical (unpaired) electrons. The Kier molecular flexibility index (Phi) is 10.7. The highest BCUT2D eigenvalue weighted by Crippen LogP contribution is 2.25. The first-order chi connectivity index (χ1) is 12.8. The van der Waals surface area contributed by atoms with E-state index in [1.54, 1.807) is 0 Å². The van der Waals surface area contributed by atoms with Crippen LogP contribution in [0.5, 0.6) is 0 Å². The zero-order valence-corrected chi connectivity index (χ0v) is 15.9. The van der Waals surface area contributed by atoms with Crippen molar-refractivity contribution in [3.8, 4) is 0 Å². The van der Waals surface area contributed by atoms with E-state index < -0.39 is 0 Å². The molecule has 2 saturated carbocycles. The molecule has 0 aromatic rings. The zero-order valence-electron chi connectivity index (χ0n) is 15.9. The normalized spacial score (nSPS) is 19.2. The summed E-state index contributed by atoms with van der Waals surface area (Å²) in [7, 11) is 0. The Hall–Kier alpha value is -1.14. The molecule has 0 heterocycles. The van der Waals surface area contributed by atoms with Crippen LogP contribution in [0.4, 0.5) is 0 Å². The summed E-state index contributed by atoms with van der Waals surface area (Å²) < 4.78 is 21.3. The Labute approximate surface area is 156 Å². The highest BCUT2D eigenvalue weighted by molar-refractivity contribution is 5.72. The lowest BCUT2D eigenvalue weighted by Crippen LogP contribution is -2.23. The first-order valence-electron chi connectivity index (χ1n) is 10.3. The van der Waals surface area contributed by atoms with Crippen LogP contribution < -0.4 is 0 Å². The van der Waals surface area contributed by atoms with E-state index in [4.69, 9.17) is 18.9 Å². The minimum atomic E-state index is -0.0793. The van der Waals surface area contributed by atoms with E-state index in [-0.39, 0.29) is 23.8 Å².